The van der Waals surface area contributed by atoms with Crippen LogP contribution in [-0.4, -0.2) is 68.5 Å². The summed E-state index contributed by atoms with van der Waals surface area (Å²) in [5.74, 6) is 0.379. The third-order valence-corrected chi connectivity index (χ3v) is 9.19. The molecule has 4 aromatic rings. The molecule has 9 nitrogen and oxygen atoms in total. The maximum atomic E-state index is 14.4. The summed E-state index contributed by atoms with van der Waals surface area (Å²) >= 11 is 0. The Labute approximate surface area is 255 Å². The number of pyridine rings is 2. The second-order valence-electron chi connectivity index (χ2n) is 11.8. The van der Waals surface area contributed by atoms with Crippen molar-refractivity contribution >= 4 is 42.2 Å². The Balaban J connectivity index is 1.63. The monoisotopic (exact) mass is 626 g/mol. The van der Waals surface area contributed by atoms with Crippen LogP contribution >= 0.6 is 0 Å². The molecule has 0 unspecified atom stereocenters. The number of carbonyl (C=O) groups excluding carboxylic acids is 1. The van der Waals surface area contributed by atoms with Crippen molar-refractivity contribution in [2.45, 2.75) is 38.6 Å². The lowest BCUT2D eigenvalue weighted by Crippen LogP contribution is -2.36. The molecule has 1 aromatic carbocycles. The largest absolute Gasteiger partial charge is 0.419 e. The molecule has 1 fully saturated rings. The molecule has 1 saturated heterocycles. The van der Waals surface area contributed by atoms with E-state index in [2.05, 4.69) is 45.1 Å². The molecule has 1 aliphatic rings. The van der Waals surface area contributed by atoms with Crippen LogP contribution < -0.4 is 15.5 Å². The Hall–Kier alpha value is -3.94. The zero-order valence-corrected chi connectivity index (χ0v) is 26.3. The number of ether oxygens (including phenoxy) is 2. The topological polar surface area (TPSA) is 93.5 Å². The lowest BCUT2D eigenvalue weighted by molar-refractivity contribution is -0.137. The number of fused-ring (bicyclic) bond motifs is 1. The highest BCUT2D eigenvalue weighted by Gasteiger charge is 2.36. The maximum absolute atomic E-state index is 14.4. The van der Waals surface area contributed by atoms with Crippen LogP contribution in [-0.2, 0) is 22.4 Å². The van der Waals surface area contributed by atoms with Crippen LogP contribution in [0, 0.1) is 0 Å². The maximum Gasteiger partial charge on any atom is 0.419 e. The van der Waals surface area contributed by atoms with E-state index < -0.39 is 25.7 Å². The first-order valence-corrected chi connectivity index (χ1v) is 18.2. The minimum absolute atomic E-state index is 0.0984. The van der Waals surface area contributed by atoms with Crippen LogP contribution in [0.2, 0.25) is 25.7 Å². The van der Waals surface area contributed by atoms with E-state index in [1.54, 1.807) is 41.1 Å². The number of benzene rings is 1. The number of alkyl halides is 3. The van der Waals surface area contributed by atoms with Crippen LogP contribution in [0.4, 0.5) is 30.4 Å². The van der Waals surface area contributed by atoms with Gasteiger partial charge in [-0.05, 0) is 36.4 Å². The number of hydrogen-bond donors (Lipinski definition) is 2. The summed E-state index contributed by atoms with van der Waals surface area (Å²) in [5.41, 5.74) is 0.952. The highest BCUT2D eigenvalue weighted by molar-refractivity contribution is 6.76. The van der Waals surface area contributed by atoms with Crippen molar-refractivity contribution in [1.82, 2.24) is 19.9 Å². The molecule has 2 N–H and O–H groups in total. The highest BCUT2D eigenvalue weighted by Crippen LogP contribution is 2.42. The fraction of sp³-hybridized carbons (Fsp3) is 0.387. The number of morpholine rings is 1. The number of aromatic nitrogens is 3. The predicted octanol–water partition coefficient (Wildman–Crippen LogP) is 6.37. The molecule has 0 saturated carbocycles. The SMILES string of the molecule is CNC(=O)c1ccccc1Nc1c(C(F)(F)F)cnc2c1cc(-c1ccc(N3CCOCC3)nc1)n2COCC[Si](C)(C)C. The second-order valence-corrected chi connectivity index (χ2v) is 17.5. The average Bonchev–Trinajstić information content (AvgIpc) is 3.38. The average molecular weight is 627 g/mol. The number of anilines is 3. The van der Waals surface area contributed by atoms with Gasteiger partial charge in [0.2, 0.25) is 0 Å². The van der Waals surface area contributed by atoms with Crippen molar-refractivity contribution in [3.8, 4) is 11.3 Å². The fourth-order valence-corrected chi connectivity index (χ4v) is 5.78. The number of hydrogen-bond acceptors (Lipinski definition) is 7. The summed E-state index contributed by atoms with van der Waals surface area (Å²) < 4.78 is 56.5. The van der Waals surface area contributed by atoms with E-state index in [-0.39, 0.29) is 29.1 Å². The van der Waals surface area contributed by atoms with E-state index in [0.717, 1.165) is 31.1 Å². The van der Waals surface area contributed by atoms with Gasteiger partial charge in [0.25, 0.3) is 5.91 Å². The zero-order valence-electron chi connectivity index (χ0n) is 25.3. The first-order chi connectivity index (χ1) is 21.0. The van der Waals surface area contributed by atoms with Crippen molar-refractivity contribution in [2.24, 2.45) is 0 Å². The number of carbonyl (C=O) groups is 1. The van der Waals surface area contributed by atoms with Gasteiger partial charge in [0.05, 0.1) is 41.4 Å². The van der Waals surface area contributed by atoms with Crippen LogP contribution in [0.15, 0.2) is 54.9 Å². The van der Waals surface area contributed by atoms with Crippen molar-refractivity contribution in [3.63, 3.8) is 0 Å². The Morgan fingerprint density at radius 1 is 1.07 bits per heavy atom. The Morgan fingerprint density at radius 2 is 1.82 bits per heavy atom. The van der Waals surface area contributed by atoms with E-state index in [1.807, 2.05) is 12.1 Å². The van der Waals surface area contributed by atoms with Gasteiger partial charge in [-0.3, -0.25) is 4.79 Å². The molecule has 44 heavy (non-hydrogen) atoms. The zero-order chi connectivity index (χ0) is 31.5. The van der Waals surface area contributed by atoms with E-state index in [1.165, 1.54) is 7.05 Å². The van der Waals surface area contributed by atoms with Crippen LogP contribution in [0.1, 0.15) is 15.9 Å². The van der Waals surface area contributed by atoms with Crippen LogP contribution in [0.5, 0.6) is 0 Å². The summed E-state index contributed by atoms with van der Waals surface area (Å²) in [6.07, 6.45) is -2.16. The molecule has 13 heteroatoms. The van der Waals surface area contributed by atoms with Gasteiger partial charge in [0.15, 0.2) is 0 Å². The Morgan fingerprint density at radius 3 is 2.48 bits per heavy atom. The van der Waals surface area contributed by atoms with Crippen LogP contribution in [0.3, 0.4) is 0 Å². The van der Waals surface area contributed by atoms with Gasteiger partial charge in [-0.1, -0.05) is 31.8 Å². The number of amides is 1. The standard InChI is InChI=1S/C31H37F3N6O3Si/c1-35-30(41)22-7-5-6-8-25(22)38-28-23-17-26(21-9-10-27(36-18-21)39-11-13-42-14-12-39)40(20-43-15-16-44(2,3)4)29(23)37-19-24(28)31(32,33)34/h5-10,17-19H,11-16,20H2,1-4H3,(H,35,41)(H,37,38). The first-order valence-electron chi connectivity index (χ1n) is 14.5. The number of para-hydroxylation sites is 1. The molecule has 0 bridgehead atoms. The van der Waals surface area contributed by atoms with Crippen molar-refractivity contribution < 1.29 is 27.4 Å². The molecule has 5 rings (SSSR count). The van der Waals surface area contributed by atoms with Gasteiger partial charge in [-0.25, -0.2) is 9.97 Å². The smallest absolute Gasteiger partial charge is 0.378 e. The van der Waals surface area contributed by atoms with Crippen LogP contribution in [0.25, 0.3) is 22.3 Å². The number of nitrogens with one attached hydrogen (secondary N) is 2. The van der Waals surface area contributed by atoms with Crippen molar-refractivity contribution in [2.75, 3.05) is 50.2 Å². The van der Waals surface area contributed by atoms with E-state index in [4.69, 9.17) is 9.47 Å². The second kappa shape index (κ2) is 13.0. The molecule has 234 valence electrons. The van der Waals surface area contributed by atoms with Gasteiger partial charge in [-0.2, -0.15) is 13.2 Å². The predicted molar refractivity (Wildman–Crippen MR) is 168 cm³/mol. The Bertz CT molecular complexity index is 1610. The molecule has 1 amide bonds. The van der Waals surface area contributed by atoms with E-state index in [0.29, 0.717) is 36.7 Å². The quantitative estimate of drug-likeness (QED) is 0.156. The number of rotatable bonds is 10. The normalized spacial score (nSPS) is 14.2. The molecule has 0 atom stereocenters. The van der Waals surface area contributed by atoms with Gasteiger partial charge >= 0.3 is 6.18 Å². The third-order valence-electron chi connectivity index (χ3n) is 7.48. The molecular formula is C31H37F3N6O3Si. The number of nitrogens with zero attached hydrogens (tertiary/aromatic N) is 4. The molecular weight excluding hydrogens is 589 g/mol. The minimum atomic E-state index is -4.71. The highest BCUT2D eigenvalue weighted by atomic mass is 28.3. The van der Waals surface area contributed by atoms with Gasteiger partial charge in [-0.15, -0.1) is 0 Å². The molecule has 0 aliphatic carbocycles. The molecule has 3 aromatic heterocycles. The summed E-state index contributed by atoms with van der Waals surface area (Å²) in [6.45, 7) is 10.1. The number of halogens is 3. The molecule has 4 heterocycles. The van der Waals surface area contributed by atoms with E-state index in [9.17, 15) is 18.0 Å². The van der Waals surface area contributed by atoms with Gasteiger partial charge in [0, 0.05) is 58.2 Å². The minimum Gasteiger partial charge on any atom is -0.378 e. The summed E-state index contributed by atoms with van der Waals surface area (Å²) in [6, 6.07) is 12.9. The molecule has 1 aliphatic heterocycles. The Kier molecular flexibility index (Phi) is 9.28. The van der Waals surface area contributed by atoms with Gasteiger partial charge < -0.3 is 29.6 Å². The fourth-order valence-electron chi connectivity index (χ4n) is 5.03. The lowest BCUT2D eigenvalue weighted by Gasteiger charge is -2.27. The van der Waals surface area contributed by atoms with Gasteiger partial charge in [0.1, 0.15) is 18.2 Å². The summed E-state index contributed by atoms with van der Waals surface area (Å²) in [7, 11) is 0.0968. The van der Waals surface area contributed by atoms with E-state index >= 15 is 0 Å². The summed E-state index contributed by atoms with van der Waals surface area (Å²) in [4.78, 5) is 23.6. The van der Waals surface area contributed by atoms with Crippen molar-refractivity contribution in [1.29, 1.82) is 0 Å². The summed E-state index contributed by atoms with van der Waals surface area (Å²) in [5, 5.41) is 5.72. The van der Waals surface area contributed by atoms with Crippen molar-refractivity contribution in [3.05, 3.63) is 66.0 Å². The molecule has 0 radical (unpaired) electrons. The third kappa shape index (κ3) is 7.06. The first kappa shape index (κ1) is 31.5. The molecule has 0 spiro atoms. The lowest BCUT2D eigenvalue weighted by atomic mass is 10.1.